The third kappa shape index (κ3) is 3.96. The van der Waals surface area contributed by atoms with E-state index in [2.05, 4.69) is 10.6 Å². The van der Waals surface area contributed by atoms with Crippen LogP contribution < -0.4 is 10.6 Å². The number of urea groups is 1. The molecule has 1 heterocycles. The third-order valence-corrected chi connectivity index (χ3v) is 3.07. The van der Waals surface area contributed by atoms with Gasteiger partial charge in [0.05, 0.1) is 13.2 Å². The van der Waals surface area contributed by atoms with Crippen molar-refractivity contribution in [3.63, 3.8) is 0 Å². The summed E-state index contributed by atoms with van der Waals surface area (Å²) < 4.78 is 5.20. The molecule has 6 nitrogen and oxygen atoms in total. The van der Waals surface area contributed by atoms with Crippen LogP contribution in [0.4, 0.5) is 10.5 Å². The van der Waals surface area contributed by atoms with Crippen LogP contribution >= 0.6 is 0 Å². The first-order valence-electron chi connectivity index (χ1n) is 6.66. The second-order valence-corrected chi connectivity index (χ2v) is 4.62. The Labute approximate surface area is 118 Å². The number of amides is 3. The number of nitrogens with one attached hydrogen (secondary N) is 2. The molecule has 108 valence electrons. The lowest BCUT2D eigenvalue weighted by molar-refractivity contribution is -0.136. The van der Waals surface area contributed by atoms with Crippen molar-refractivity contribution in [2.24, 2.45) is 0 Å². The molecule has 1 aromatic carbocycles. The molecule has 20 heavy (non-hydrogen) atoms. The fourth-order valence-corrected chi connectivity index (χ4v) is 2.00. The van der Waals surface area contributed by atoms with Crippen LogP contribution in [0.5, 0.6) is 0 Å². The molecule has 6 heteroatoms. The SMILES string of the molecule is C[C@@H](NC(=O)Nc1ccccc1)C(=O)N1CCOCC1. The second-order valence-electron chi connectivity index (χ2n) is 4.62. The summed E-state index contributed by atoms with van der Waals surface area (Å²) >= 11 is 0. The smallest absolute Gasteiger partial charge is 0.319 e. The molecule has 0 aliphatic carbocycles. The zero-order chi connectivity index (χ0) is 14.4. The van der Waals surface area contributed by atoms with Crippen molar-refractivity contribution in [3.05, 3.63) is 30.3 Å². The van der Waals surface area contributed by atoms with Crippen molar-refractivity contribution in [1.29, 1.82) is 0 Å². The molecule has 0 radical (unpaired) electrons. The zero-order valence-electron chi connectivity index (χ0n) is 11.5. The lowest BCUT2D eigenvalue weighted by Crippen LogP contribution is -2.51. The number of hydrogen-bond donors (Lipinski definition) is 2. The molecule has 3 amide bonds. The maximum Gasteiger partial charge on any atom is 0.319 e. The molecule has 1 atom stereocenters. The van der Waals surface area contributed by atoms with Gasteiger partial charge in [-0.1, -0.05) is 18.2 Å². The number of anilines is 1. The molecule has 2 N–H and O–H groups in total. The molecule has 1 aromatic rings. The first kappa shape index (κ1) is 14.3. The molecule has 1 fully saturated rings. The number of rotatable bonds is 3. The summed E-state index contributed by atoms with van der Waals surface area (Å²) in [6.45, 7) is 3.93. The minimum Gasteiger partial charge on any atom is -0.378 e. The minimum absolute atomic E-state index is 0.0866. The predicted molar refractivity (Wildman–Crippen MR) is 75.5 cm³/mol. The van der Waals surface area contributed by atoms with Gasteiger partial charge in [-0.2, -0.15) is 0 Å². The molecule has 2 rings (SSSR count). The second kappa shape index (κ2) is 6.91. The van der Waals surface area contributed by atoms with Crippen LogP contribution in [0.3, 0.4) is 0 Å². The first-order chi connectivity index (χ1) is 9.66. The number of para-hydroxylation sites is 1. The summed E-state index contributed by atoms with van der Waals surface area (Å²) in [6, 6.07) is 8.16. The van der Waals surface area contributed by atoms with Gasteiger partial charge in [0, 0.05) is 18.8 Å². The first-order valence-corrected chi connectivity index (χ1v) is 6.66. The van der Waals surface area contributed by atoms with Crippen molar-refractivity contribution in [2.75, 3.05) is 31.6 Å². The normalized spacial score (nSPS) is 16.4. The van der Waals surface area contributed by atoms with E-state index in [0.29, 0.717) is 32.0 Å². The molecule has 0 spiro atoms. The summed E-state index contributed by atoms with van der Waals surface area (Å²) in [5, 5.41) is 5.33. The highest BCUT2D eigenvalue weighted by Gasteiger charge is 2.23. The molecule has 0 aromatic heterocycles. The summed E-state index contributed by atoms with van der Waals surface area (Å²) in [6.07, 6.45) is 0. The Morgan fingerprint density at radius 3 is 2.50 bits per heavy atom. The van der Waals surface area contributed by atoms with E-state index in [0.717, 1.165) is 0 Å². The summed E-state index contributed by atoms with van der Waals surface area (Å²) in [5.41, 5.74) is 0.691. The van der Waals surface area contributed by atoms with Gasteiger partial charge in [0.15, 0.2) is 0 Å². The Morgan fingerprint density at radius 2 is 1.85 bits per heavy atom. The highest BCUT2D eigenvalue weighted by Crippen LogP contribution is 2.05. The maximum absolute atomic E-state index is 12.1. The average molecular weight is 277 g/mol. The van der Waals surface area contributed by atoms with Gasteiger partial charge in [0.25, 0.3) is 0 Å². The van der Waals surface area contributed by atoms with E-state index >= 15 is 0 Å². The molecular formula is C14H19N3O3. The van der Waals surface area contributed by atoms with Crippen LogP contribution in [0.1, 0.15) is 6.92 Å². The van der Waals surface area contributed by atoms with Crippen molar-refractivity contribution >= 4 is 17.6 Å². The van der Waals surface area contributed by atoms with E-state index in [9.17, 15) is 9.59 Å². The van der Waals surface area contributed by atoms with E-state index in [1.54, 1.807) is 24.0 Å². The topological polar surface area (TPSA) is 70.7 Å². The van der Waals surface area contributed by atoms with E-state index in [1.165, 1.54) is 0 Å². The minimum atomic E-state index is -0.559. The molecule has 1 saturated heterocycles. The Balaban J connectivity index is 1.82. The van der Waals surface area contributed by atoms with Crippen LogP contribution in [0.15, 0.2) is 30.3 Å². The van der Waals surface area contributed by atoms with Gasteiger partial charge in [-0.05, 0) is 19.1 Å². The van der Waals surface area contributed by atoms with E-state index in [-0.39, 0.29) is 11.9 Å². The average Bonchev–Trinajstić information content (AvgIpc) is 2.48. The Kier molecular flexibility index (Phi) is 4.95. The third-order valence-electron chi connectivity index (χ3n) is 3.07. The van der Waals surface area contributed by atoms with Crippen LogP contribution in [0.25, 0.3) is 0 Å². The molecule has 0 unspecified atom stereocenters. The summed E-state index contributed by atoms with van der Waals surface area (Å²) in [5.74, 6) is -0.0866. The number of hydrogen-bond acceptors (Lipinski definition) is 3. The monoisotopic (exact) mass is 277 g/mol. The summed E-state index contributed by atoms with van der Waals surface area (Å²) in [7, 11) is 0. The van der Waals surface area contributed by atoms with Crippen LogP contribution in [0, 0.1) is 0 Å². The van der Waals surface area contributed by atoms with Crippen LogP contribution in [-0.4, -0.2) is 49.2 Å². The van der Waals surface area contributed by atoms with Gasteiger partial charge in [-0.25, -0.2) is 4.79 Å². The van der Waals surface area contributed by atoms with Crippen molar-refractivity contribution < 1.29 is 14.3 Å². The molecule has 1 aliphatic heterocycles. The van der Waals surface area contributed by atoms with Gasteiger partial charge >= 0.3 is 6.03 Å². The van der Waals surface area contributed by atoms with Crippen LogP contribution in [-0.2, 0) is 9.53 Å². The van der Waals surface area contributed by atoms with E-state index in [1.807, 2.05) is 18.2 Å². The molecular weight excluding hydrogens is 258 g/mol. The van der Waals surface area contributed by atoms with Crippen molar-refractivity contribution in [1.82, 2.24) is 10.2 Å². The fraction of sp³-hybridized carbons (Fsp3) is 0.429. The molecule has 1 aliphatic rings. The van der Waals surface area contributed by atoms with Gasteiger partial charge in [-0.3, -0.25) is 4.79 Å². The zero-order valence-corrected chi connectivity index (χ0v) is 11.5. The largest absolute Gasteiger partial charge is 0.378 e. The number of ether oxygens (including phenoxy) is 1. The van der Waals surface area contributed by atoms with Crippen molar-refractivity contribution in [2.45, 2.75) is 13.0 Å². The Hall–Kier alpha value is -2.08. The predicted octanol–water partition coefficient (Wildman–Crippen LogP) is 1.06. The Bertz CT molecular complexity index is 458. The summed E-state index contributed by atoms with van der Waals surface area (Å²) in [4.78, 5) is 25.6. The van der Waals surface area contributed by atoms with Gasteiger partial charge < -0.3 is 20.3 Å². The lowest BCUT2D eigenvalue weighted by Gasteiger charge is -2.29. The fourth-order valence-electron chi connectivity index (χ4n) is 2.00. The number of nitrogens with zero attached hydrogens (tertiary/aromatic N) is 1. The van der Waals surface area contributed by atoms with Crippen molar-refractivity contribution in [3.8, 4) is 0 Å². The van der Waals surface area contributed by atoms with E-state index < -0.39 is 6.04 Å². The Morgan fingerprint density at radius 1 is 1.20 bits per heavy atom. The highest BCUT2D eigenvalue weighted by atomic mass is 16.5. The highest BCUT2D eigenvalue weighted by molar-refractivity contribution is 5.93. The lowest BCUT2D eigenvalue weighted by atomic mass is 10.2. The van der Waals surface area contributed by atoms with Gasteiger partial charge in [0.2, 0.25) is 5.91 Å². The van der Waals surface area contributed by atoms with Gasteiger partial charge in [-0.15, -0.1) is 0 Å². The van der Waals surface area contributed by atoms with Crippen LogP contribution in [0.2, 0.25) is 0 Å². The molecule has 0 bridgehead atoms. The number of benzene rings is 1. The standard InChI is InChI=1S/C14H19N3O3/c1-11(13(18)17-7-9-20-10-8-17)15-14(19)16-12-5-3-2-4-6-12/h2-6,11H,7-10H2,1H3,(H2,15,16,19)/t11-/m1/s1. The number of carbonyl (C=O) groups excluding carboxylic acids is 2. The number of morpholine rings is 1. The quantitative estimate of drug-likeness (QED) is 0.867. The van der Waals surface area contributed by atoms with E-state index in [4.69, 9.17) is 4.74 Å². The molecule has 0 saturated carbocycles. The maximum atomic E-state index is 12.1. The van der Waals surface area contributed by atoms with Gasteiger partial charge in [0.1, 0.15) is 6.04 Å². The number of carbonyl (C=O) groups is 2.